The number of hydrogen-bond acceptors (Lipinski definition) is 6. The van der Waals surface area contributed by atoms with Crippen LogP contribution in [-0.4, -0.2) is 48.5 Å². The van der Waals surface area contributed by atoms with Crippen LogP contribution in [0.25, 0.3) is 11.4 Å². The van der Waals surface area contributed by atoms with Crippen LogP contribution in [0.2, 0.25) is 0 Å². The lowest BCUT2D eigenvalue weighted by Gasteiger charge is -2.47. The Balaban J connectivity index is 1.31. The maximum atomic E-state index is 12.4. The first-order valence-corrected chi connectivity index (χ1v) is 9.45. The predicted molar refractivity (Wildman–Crippen MR) is 97.9 cm³/mol. The van der Waals surface area contributed by atoms with Gasteiger partial charge in [0.05, 0.1) is 12.7 Å². The van der Waals surface area contributed by atoms with Crippen molar-refractivity contribution in [3.05, 3.63) is 35.7 Å². The van der Waals surface area contributed by atoms with E-state index in [0.717, 1.165) is 24.2 Å². The summed E-state index contributed by atoms with van der Waals surface area (Å²) in [6, 6.07) is 8.07. The second-order valence-corrected chi connectivity index (χ2v) is 7.38. The molecule has 144 valence electrons. The Labute approximate surface area is 158 Å². The third-order valence-corrected chi connectivity index (χ3v) is 5.53. The fraction of sp³-hybridized carbons (Fsp3) is 0.550. The van der Waals surface area contributed by atoms with E-state index >= 15 is 0 Å². The lowest BCUT2D eigenvalue weighted by atomic mass is 9.67. The van der Waals surface area contributed by atoms with Gasteiger partial charge >= 0.3 is 0 Å². The van der Waals surface area contributed by atoms with E-state index in [-0.39, 0.29) is 24.0 Å². The highest BCUT2D eigenvalue weighted by atomic mass is 16.5. The Kier molecular flexibility index (Phi) is 5.22. The van der Waals surface area contributed by atoms with Gasteiger partial charge in [-0.15, -0.1) is 0 Å². The summed E-state index contributed by atoms with van der Waals surface area (Å²) in [6.07, 6.45) is 1.98. The largest absolute Gasteiger partial charge is 0.384 e. The van der Waals surface area contributed by atoms with Crippen LogP contribution >= 0.6 is 0 Å². The Morgan fingerprint density at radius 2 is 2.30 bits per heavy atom. The van der Waals surface area contributed by atoms with Gasteiger partial charge < -0.3 is 19.3 Å². The summed E-state index contributed by atoms with van der Waals surface area (Å²) in [7, 11) is 1.68. The lowest BCUT2D eigenvalue weighted by Crippen LogP contribution is -2.62. The number of rotatable bonds is 7. The van der Waals surface area contributed by atoms with Gasteiger partial charge in [0.15, 0.2) is 0 Å². The fourth-order valence-corrected chi connectivity index (χ4v) is 4.17. The van der Waals surface area contributed by atoms with Crippen molar-refractivity contribution in [2.45, 2.75) is 38.3 Å². The average Bonchev–Trinajstić information content (AvgIpc) is 3.30. The van der Waals surface area contributed by atoms with Crippen LogP contribution in [0.3, 0.4) is 0 Å². The zero-order valence-corrected chi connectivity index (χ0v) is 15.7. The molecule has 0 bridgehead atoms. The number of methoxy groups -OCH3 is 1. The second-order valence-electron chi connectivity index (χ2n) is 7.38. The summed E-state index contributed by atoms with van der Waals surface area (Å²) in [5, 5.41) is 7.17. The van der Waals surface area contributed by atoms with Gasteiger partial charge in [-0.25, -0.2) is 0 Å². The third-order valence-electron chi connectivity index (χ3n) is 5.53. The smallest absolute Gasteiger partial charge is 0.227 e. The first-order chi connectivity index (χ1) is 13.2. The van der Waals surface area contributed by atoms with E-state index in [1.54, 1.807) is 7.11 Å². The molecule has 1 saturated heterocycles. The normalized spacial score (nSPS) is 26.4. The van der Waals surface area contributed by atoms with Gasteiger partial charge in [-0.05, 0) is 19.4 Å². The Morgan fingerprint density at radius 1 is 1.41 bits per heavy atom. The number of aromatic nitrogens is 2. The number of fused-ring (bicyclic) bond motifs is 1. The first-order valence-electron chi connectivity index (χ1n) is 9.45. The van der Waals surface area contributed by atoms with Crippen molar-refractivity contribution in [2.75, 3.05) is 20.3 Å². The molecule has 2 aliphatic rings. The Morgan fingerprint density at radius 3 is 3.11 bits per heavy atom. The van der Waals surface area contributed by atoms with E-state index in [4.69, 9.17) is 14.0 Å². The standard InChI is InChI=1S/C20H25N3O4/c1-12-4-3-5-13(10-12)20-22-17(27-23-20)7-6-16(24)21-18-14-8-9-26-19(14)15(18)11-25-2/h3-5,10,14-15,18-19H,6-9,11H2,1-2H3,(H,21,24)/t14-,15-,18-,19-/m0/s1. The number of amides is 1. The number of carbonyl (C=O) groups excluding carboxylic acids is 1. The van der Waals surface area contributed by atoms with E-state index in [1.807, 2.05) is 31.2 Å². The van der Waals surface area contributed by atoms with Crippen molar-refractivity contribution in [3.8, 4) is 11.4 Å². The number of carbonyl (C=O) groups is 1. The van der Waals surface area contributed by atoms with Gasteiger partial charge in [0.2, 0.25) is 17.6 Å². The molecule has 1 aliphatic heterocycles. The molecule has 1 N–H and O–H groups in total. The van der Waals surface area contributed by atoms with Crippen molar-refractivity contribution in [2.24, 2.45) is 11.8 Å². The molecule has 2 fully saturated rings. The van der Waals surface area contributed by atoms with Crippen molar-refractivity contribution in [3.63, 3.8) is 0 Å². The van der Waals surface area contributed by atoms with E-state index in [0.29, 0.717) is 37.1 Å². The van der Waals surface area contributed by atoms with Crippen LogP contribution < -0.4 is 5.32 Å². The van der Waals surface area contributed by atoms with E-state index < -0.39 is 0 Å². The highest BCUT2D eigenvalue weighted by Crippen LogP contribution is 2.43. The minimum absolute atomic E-state index is 0.00163. The summed E-state index contributed by atoms with van der Waals surface area (Å²) in [5.41, 5.74) is 2.05. The van der Waals surface area contributed by atoms with E-state index in [2.05, 4.69) is 15.5 Å². The van der Waals surface area contributed by atoms with Crippen molar-refractivity contribution >= 4 is 5.91 Å². The molecule has 1 aromatic carbocycles. The van der Waals surface area contributed by atoms with Gasteiger partial charge in [0.1, 0.15) is 0 Å². The minimum Gasteiger partial charge on any atom is -0.384 e. The lowest BCUT2D eigenvalue weighted by molar-refractivity contribution is -0.129. The van der Waals surface area contributed by atoms with Crippen LogP contribution in [0.5, 0.6) is 0 Å². The third kappa shape index (κ3) is 3.75. The zero-order chi connectivity index (χ0) is 18.8. The molecule has 1 aromatic heterocycles. The number of nitrogens with one attached hydrogen (secondary N) is 1. The number of nitrogens with zero attached hydrogens (tertiary/aromatic N) is 2. The highest BCUT2D eigenvalue weighted by Gasteiger charge is 2.54. The van der Waals surface area contributed by atoms with Crippen LogP contribution in [0.1, 0.15) is 24.3 Å². The summed E-state index contributed by atoms with van der Waals surface area (Å²) in [6.45, 7) is 3.40. The molecule has 0 radical (unpaired) electrons. The van der Waals surface area contributed by atoms with Crippen molar-refractivity contribution < 1.29 is 18.8 Å². The quantitative estimate of drug-likeness (QED) is 0.802. The SMILES string of the molecule is COC[C@H]1[C@@H](NC(=O)CCc2nc(-c3cccc(C)c3)no2)[C@@H]2CCO[C@@H]21. The number of aryl methyl sites for hydroxylation is 2. The van der Waals surface area contributed by atoms with Crippen LogP contribution in [0, 0.1) is 18.8 Å². The van der Waals surface area contributed by atoms with Crippen LogP contribution in [0.4, 0.5) is 0 Å². The van der Waals surface area contributed by atoms with E-state index in [1.165, 1.54) is 0 Å². The molecule has 2 aromatic rings. The maximum absolute atomic E-state index is 12.4. The second kappa shape index (κ2) is 7.78. The Hall–Kier alpha value is -2.25. The molecule has 4 rings (SSSR count). The molecule has 1 amide bonds. The Bertz CT molecular complexity index is 806. The highest BCUT2D eigenvalue weighted by molar-refractivity contribution is 5.76. The topological polar surface area (TPSA) is 86.5 Å². The van der Waals surface area contributed by atoms with Gasteiger partial charge in [0, 0.05) is 50.0 Å². The van der Waals surface area contributed by atoms with Gasteiger partial charge in [-0.1, -0.05) is 28.9 Å². The molecule has 1 aliphatic carbocycles. The van der Waals surface area contributed by atoms with Crippen molar-refractivity contribution in [1.82, 2.24) is 15.5 Å². The fourth-order valence-electron chi connectivity index (χ4n) is 4.17. The van der Waals surface area contributed by atoms with Gasteiger partial charge in [0.25, 0.3) is 0 Å². The zero-order valence-electron chi connectivity index (χ0n) is 15.7. The molecule has 7 heteroatoms. The predicted octanol–water partition coefficient (Wildman–Crippen LogP) is 2.14. The summed E-state index contributed by atoms with van der Waals surface area (Å²) >= 11 is 0. The number of hydrogen-bond donors (Lipinski definition) is 1. The maximum Gasteiger partial charge on any atom is 0.227 e. The molecular weight excluding hydrogens is 346 g/mol. The monoisotopic (exact) mass is 371 g/mol. The van der Waals surface area contributed by atoms with Gasteiger partial charge in [-0.3, -0.25) is 4.79 Å². The van der Waals surface area contributed by atoms with Gasteiger partial charge in [-0.2, -0.15) is 4.98 Å². The molecule has 7 nitrogen and oxygen atoms in total. The number of ether oxygens (including phenoxy) is 2. The molecular formula is C20H25N3O4. The average molecular weight is 371 g/mol. The van der Waals surface area contributed by atoms with E-state index in [9.17, 15) is 4.79 Å². The molecule has 0 spiro atoms. The van der Waals surface area contributed by atoms with Crippen LogP contribution in [-0.2, 0) is 20.7 Å². The van der Waals surface area contributed by atoms with Crippen molar-refractivity contribution in [1.29, 1.82) is 0 Å². The van der Waals surface area contributed by atoms with Crippen LogP contribution in [0.15, 0.2) is 28.8 Å². The molecule has 2 heterocycles. The summed E-state index contributed by atoms with van der Waals surface area (Å²) in [4.78, 5) is 16.8. The molecule has 0 unspecified atom stereocenters. The minimum atomic E-state index is 0.00163. The summed E-state index contributed by atoms with van der Waals surface area (Å²) < 4.78 is 16.3. The summed E-state index contributed by atoms with van der Waals surface area (Å²) in [5.74, 6) is 1.68. The molecule has 1 saturated carbocycles. The first kappa shape index (κ1) is 18.1. The molecule has 27 heavy (non-hydrogen) atoms. The molecule has 4 atom stereocenters. The number of benzene rings is 1.